The van der Waals surface area contributed by atoms with Crippen molar-refractivity contribution in [2.24, 2.45) is 0 Å². The fourth-order valence-electron chi connectivity index (χ4n) is 3.75. The molecule has 2 heterocycles. The Morgan fingerprint density at radius 1 is 1.32 bits per heavy atom. The van der Waals surface area contributed by atoms with Crippen LogP contribution in [0.2, 0.25) is 0 Å². The molecule has 120 valence electrons. The third-order valence-corrected chi connectivity index (χ3v) is 4.99. The molecular weight excluding hydrogens is 282 g/mol. The van der Waals surface area contributed by atoms with E-state index in [9.17, 15) is 9.90 Å². The van der Waals surface area contributed by atoms with E-state index >= 15 is 0 Å². The van der Waals surface area contributed by atoms with E-state index in [1.165, 1.54) is 0 Å². The Morgan fingerprint density at radius 3 is 2.73 bits per heavy atom. The summed E-state index contributed by atoms with van der Waals surface area (Å²) in [5, 5.41) is 22.2. The number of pyridine rings is 1. The number of aromatic nitrogens is 1. The number of nitrogens with one attached hydrogen (secondary N) is 1. The topological polar surface area (TPSA) is 85.7 Å². The van der Waals surface area contributed by atoms with Crippen molar-refractivity contribution in [3.63, 3.8) is 0 Å². The summed E-state index contributed by atoms with van der Waals surface area (Å²) in [5.41, 5.74) is -0.0452. The zero-order chi connectivity index (χ0) is 15.6. The highest BCUT2D eigenvalue weighted by molar-refractivity contribution is 5.64. The van der Waals surface area contributed by atoms with Crippen molar-refractivity contribution >= 4 is 6.09 Å². The molecule has 1 aliphatic heterocycles. The van der Waals surface area contributed by atoms with Gasteiger partial charge in [-0.05, 0) is 44.2 Å². The van der Waals surface area contributed by atoms with Crippen LogP contribution in [0.4, 0.5) is 4.79 Å². The van der Waals surface area contributed by atoms with Crippen LogP contribution >= 0.6 is 0 Å². The number of hydrogen-bond acceptors (Lipinski definition) is 4. The molecule has 2 fully saturated rings. The average Bonchev–Trinajstić information content (AvgIpc) is 2.96. The Labute approximate surface area is 130 Å². The van der Waals surface area contributed by atoms with E-state index in [0.29, 0.717) is 18.9 Å². The molecule has 0 bridgehead atoms. The summed E-state index contributed by atoms with van der Waals surface area (Å²) >= 11 is 0. The molecule has 1 atom stereocenters. The number of amides is 1. The second kappa shape index (κ2) is 6.22. The van der Waals surface area contributed by atoms with Gasteiger partial charge >= 0.3 is 6.09 Å². The Morgan fingerprint density at radius 2 is 2.09 bits per heavy atom. The third-order valence-electron chi connectivity index (χ3n) is 4.99. The predicted molar refractivity (Wildman–Crippen MR) is 81.5 cm³/mol. The maximum absolute atomic E-state index is 10.8. The quantitative estimate of drug-likeness (QED) is 0.789. The standard InChI is InChI=1S/C16H23N3O3/c20-15(21)18-12-6-10-19(11-12)13-4-7-16(22,8-5-13)14-3-1-2-9-17-14/h1-3,9,12-13,18,22H,4-8,10-11H2,(H,20,21)/t12-,13?,16?/m1/s1. The summed E-state index contributed by atoms with van der Waals surface area (Å²) in [6.45, 7) is 1.70. The van der Waals surface area contributed by atoms with Crippen molar-refractivity contribution < 1.29 is 15.0 Å². The number of carbonyl (C=O) groups is 1. The third kappa shape index (κ3) is 3.23. The van der Waals surface area contributed by atoms with Crippen LogP contribution in [0.15, 0.2) is 24.4 Å². The summed E-state index contributed by atoms with van der Waals surface area (Å²) in [4.78, 5) is 17.4. The minimum atomic E-state index is -0.944. The zero-order valence-electron chi connectivity index (χ0n) is 12.6. The number of likely N-dealkylation sites (tertiary alicyclic amines) is 1. The SMILES string of the molecule is O=C(O)N[C@@H]1CCN(C2CCC(O)(c3ccccn3)CC2)C1. The molecule has 1 aliphatic carbocycles. The first kappa shape index (κ1) is 15.2. The molecular formula is C16H23N3O3. The van der Waals surface area contributed by atoms with Crippen LogP contribution < -0.4 is 5.32 Å². The normalized spacial score (nSPS) is 32.8. The molecule has 6 heteroatoms. The lowest BCUT2D eigenvalue weighted by atomic mass is 9.79. The van der Waals surface area contributed by atoms with Gasteiger partial charge in [-0.1, -0.05) is 6.07 Å². The minimum Gasteiger partial charge on any atom is -0.465 e. The largest absolute Gasteiger partial charge is 0.465 e. The van der Waals surface area contributed by atoms with E-state index in [2.05, 4.69) is 15.2 Å². The van der Waals surface area contributed by atoms with Crippen molar-refractivity contribution in [2.45, 2.75) is 49.8 Å². The molecule has 1 saturated carbocycles. The lowest BCUT2D eigenvalue weighted by Crippen LogP contribution is -2.43. The molecule has 1 amide bonds. The van der Waals surface area contributed by atoms with Crippen LogP contribution in [0, 0.1) is 0 Å². The molecule has 22 heavy (non-hydrogen) atoms. The maximum atomic E-state index is 10.8. The van der Waals surface area contributed by atoms with Crippen LogP contribution in [-0.4, -0.2) is 51.4 Å². The van der Waals surface area contributed by atoms with Crippen molar-refractivity contribution in [3.05, 3.63) is 30.1 Å². The van der Waals surface area contributed by atoms with Crippen LogP contribution in [0.25, 0.3) is 0 Å². The Kier molecular flexibility index (Phi) is 4.31. The zero-order valence-corrected chi connectivity index (χ0v) is 12.6. The van der Waals surface area contributed by atoms with Gasteiger partial charge < -0.3 is 15.5 Å². The van der Waals surface area contributed by atoms with E-state index in [4.69, 9.17) is 5.11 Å². The van der Waals surface area contributed by atoms with Gasteiger partial charge in [-0.15, -0.1) is 0 Å². The van der Waals surface area contributed by atoms with Gasteiger partial charge in [0.15, 0.2) is 0 Å². The van der Waals surface area contributed by atoms with Gasteiger partial charge in [-0.3, -0.25) is 9.88 Å². The molecule has 0 unspecified atom stereocenters. The van der Waals surface area contributed by atoms with Gasteiger partial charge in [0.2, 0.25) is 0 Å². The fraction of sp³-hybridized carbons (Fsp3) is 0.625. The second-order valence-corrected chi connectivity index (χ2v) is 6.41. The molecule has 2 aliphatic rings. The molecule has 0 aromatic carbocycles. The first-order valence-corrected chi connectivity index (χ1v) is 7.94. The fourth-order valence-corrected chi connectivity index (χ4v) is 3.75. The van der Waals surface area contributed by atoms with Gasteiger partial charge in [-0.2, -0.15) is 0 Å². The first-order chi connectivity index (χ1) is 10.6. The number of nitrogens with zero attached hydrogens (tertiary/aromatic N) is 2. The van der Waals surface area contributed by atoms with Crippen LogP contribution in [0.1, 0.15) is 37.8 Å². The van der Waals surface area contributed by atoms with Crippen molar-refractivity contribution in [1.82, 2.24) is 15.2 Å². The lowest BCUT2D eigenvalue weighted by Gasteiger charge is -2.39. The highest BCUT2D eigenvalue weighted by atomic mass is 16.4. The molecule has 1 aromatic heterocycles. The number of hydrogen-bond donors (Lipinski definition) is 3. The average molecular weight is 305 g/mol. The predicted octanol–water partition coefficient (Wildman–Crippen LogP) is 1.55. The van der Waals surface area contributed by atoms with Gasteiger partial charge in [0.05, 0.1) is 5.69 Å². The Bertz CT molecular complexity index is 515. The van der Waals surface area contributed by atoms with Crippen LogP contribution in [0.3, 0.4) is 0 Å². The minimum absolute atomic E-state index is 0.0362. The van der Waals surface area contributed by atoms with Crippen molar-refractivity contribution in [1.29, 1.82) is 0 Å². The van der Waals surface area contributed by atoms with Crippen LogP contribution in [-0.2, 0) is 5.60 Å². The van der Waals surface area contributed by atoms with E-state index in [1.54, 1.807) is 6.20 Å². The number of rotatable bonds is 3. The Hall–Kier alpha value is -1.66. The van der Waals surface area contributed by atoms with E-state index in [-0.39, 0.29) is 6.04 Å². The van der Waals surface area contributed by atoms with Crippen molar-refractivity contribution in [3.8, 4) is 0 Å². The van der Waals surface area contributed by atoms with E-state index in [0.717, 1.165) is 38.0 Å². The highest BCUT2D eigenvalue weighted by Crippen LogP contribution is 2.38. The second-order valence-electron chi connectivity index (χ2n) is 6.41. The summed E-state index contributed by atoms with van der Waals surface area (Å²) in [7, 11) is 0. The number of carboxylic acid groups (broad SMARTS) is 1. The smallest absolute Gasteiger partial charge is 0.404 e. The Balaban J connectivity index is 1.55. The molecule has 3 rings (SSSR count). The molecule has 3 N–H and O–H groups in total. The van der Waals surface area contributed by atoms with Gasteiger partial charge in [0.1, 0.15) is 5.60 Å². The van der Waals surface area contributed by atoms with Crippen molar-refractivity contribution in [2.75, 3.05) is 13.1 Å². The lowest BCUT2D eigenvalue weighted by molar-refractivity contribution is -0.0257. The molecule has 0 radical (unpaired) electrons. The first-order valence-electron chi connectivity index (χ1n) is 7.94. The van der Waals surface area contributed by atoms with E-state index < -0.39 is 11.7 Å². The maximum Gasteiger partial charge on any atom is 0.404 e. The molecule has 1 saturated heterocycles. The summed E-state index contributed by atoms with van der Waals surface area (Å²) in [6, 6.07) is 6.13. The monoisotopic (exact) mass is 305 g/mol. The molecule has 6 nitrogen and oxygen atoms in total. The van der Waals surface area contributed by atoms with Gasteiger partial charge in [0, 0.05) is 31.4 Å². The van der Waals surface area contributed by atoms with E-state index in [1.807, 2.05) is 18.2 Å². The molecule has 1 aromatic rings. The number of aliphatic hydroxyl groups is 1. The highest BCUT2D eigenvalue weighted by Gasteiger charge is 2.39. The summed E-state index contributed by atoms with van der Waals surface area (Å²) < 4.78 is 0. The summed E-state index contributed by atoms with van der Waals surface area (Å²) in [5.74, 6) is 0. The van der Waals surface area contributed by atoms with Gasteiger partial charge in [0.25, 0.3) is 0 Å². The molecule has 0 spiro atoms. The summed E-state index contributed by atoms with van der Waals surface area (Å²) in [6.07, 6.45) is 4.92. The van der Waals surface area contributed by atoms with Crippen LogP contribution in [0.5, 0.6) is 0 Å². The van der Waals surface area contributed by atoms with Gasteiger partial charge in [-0.25, -0.2) is 4.79 Å².